The average Bonchev–Trinajstić information content (AvgIpc) is 2.89. The van der Waals surface area contributed by atoms with Gasteiger partial charge in [0.2, 0.25) is 11.8 Å². The molecule has 0 radical (unpaired) electrons. The van der Waals surface area contributed by atoms with Crippen molar-refractivity contribution in [2.75, 3.05) is 0 Å². The van der Waals surface area contributed by atoms with Gasteiger partial charge in [-0.3, -0.25) is 24.5 Å². The fraction of sp³-hybridized carbons (Fsp3) is 0.0385. The number of pyridine rings is 1. The molecule has 0 unspecified atom stereocenters. The van der Waals surface area contributed by atoms with Gasteiger partial charge in [0.1, 0.15) is 0 Å². The fourth-order valence-electron chi connectivity index (χ4n) is 4.22. The van der Waals surface area contributed by atoms with Crippen LogP contribution < -0.4 is 22.5 Å². The molecule has 0 saturated heterocycles. The fourth-order valence-corrected chi connectivity index (χ4v) is 4.22. The second kappa shape index (κ2) is 9.30. The molecular formula is C26H19N5O6. The van der Waals surface area contributed by atoms with Crippen LogP contribution in [0.5, 0.6) is 11.8 Å². The van der Waals surface area contributed by atoms with Gasteiger partial charge in [0.25, 0.3) is 11.1 Å². The van der Waals surface area contributed by atoms with Crippen molar-refractivity contribution >= 4 is 0 Å². The highest BCUT2D eigenvalue weighted by atomic mass is 16.3. The predicted octanol–water partition coefficient (Wildman–Crippen LogP) is 1.35. The van der Waals surface area contributed by atoms with Crippen LogP contribution in [0, 0.1) is 0 Å². The Morgan fingerprint density at radius 3 is 1.46 bits per heavy atom. The molecule has 184 valence electrons. The summed E-state index contributed by atoms with van der Waals surface area (Å²) in [4.78, 5) is 60.3. The first-order chi connectivity index (χ1) is 17.9. The van der Waals surface area contributed by atoms with E-state index in [1.54, 1.807) is 72.8 Å². The van der Waals surface area contributed by atoms with Gasteiger partial charge in [0.05, 0.1) is 34.1 Å². The van der Waals surface area contributed by atoms with Crippen molar-refractivity contribution in [3.63, 3.8) is 0 Å². The Bertz CT molecular complexity index is 1710. The molecule has 5 aromatic rings. The maximum atomic E-state index is 13.2. The highest BCUT2D eigenvalue weighted by Gasteiger charge is 2.33. The molecule has 2 aromatic carbocycles. The van der Waals surface area contributed by atoms with Gasteiger partial charge in [-0.2, -0.15) is 0 Å². The first-order valence-corrected chi connectivity index (χ1v) is 11.1. The van der Waals surface area contributed by atoms with Crippen LogP contribution in [0.1, 0.15) is 22.7 Å². The number of aromatic hydroxyl groups is 2. The summed E-state index contributed by atoms with van der Waals surface area (Å²) in [6.45, 7) is 0. The van der Waals surface area contributed by atoms with Gasteiger partial charge < -0.3 is 10.2 Å². The lowest BCUT2D eigenvalue weighted by Gasteiger charge is -2.21. The molecule has 3 heterocycles. The van der Waals surface area contributed by atoms with Crippen LogP contribution in [0.3, 0.4) is 0 Å². The Hall–Kier alpha value is -5.45. The molecular weight excluding hydrogens is 478 g/mol. The lowest BCUT2D eigenvalue weighted by Crippen LogP contribution is -2.36. The summed E-state index contributed by atoms with van der Waals surface area (Å²) in [7, 11) is 0. The van der Waals surface area contributed by atoms with Crippen molar-refractivity contribution in [2.45, 2.75) is 5.92 Å². The number of benzene rings is 2. The second-order valence-corrected chi connectivity index (χ2v) is 8.02. The van der Waals surface area contributed by atoms with E-state index in [-0.39, 0.29) is 17.1 Å². The van der Waals surface area contributed by atoms with Gasteiger partial charge >= 0.3 is 11.4 Å². The Morgan fingerprint density at radius 1 is 0.622 bits per heavy atom. The summed E-state index contributed by atoms with van der Waals surface area (Å²) in [6.07, 6.45) is 1.40. The van der Waals surface area contributed by atoms with Crippen molar-refractivity contribution in [3.8, 4) is 23.1 Å². The van der Waals surface area contributed by atoms with Crippen LogP contribution >= 0.6 is 0 Å². The summed E-state index contributed by atoms with van der Waals surface area (Å²) < 4.78 is 1.73. The van der Waals surface area contributed by atoms with Gasteiger partial charge in [0, 0.05) is 6.20 Å². The summed E-state index contributed by atoms with van der Waals surface area (Å²) >= 11 is 0. The lowest BCUT2D eigenvalue weighted by atomic mass is 9.90. The number of aromatic amines is 2. The van der Waals surface area contributed by atoms with Crippen LogP contribution in [0.25, 0.3) is 11.4 Å². The third kappa shape index (κ3) is 4.04. The van der Waals surface area contributed by atoms with E-state index in [2.05, 4.69) is 15.0 Å². The van der Waals surface area contributed by atoms with Gasteiger partial charge in [0.15, 0.2) is 0 Å². The minimum atomic E-state index is -1.47. The minimum Gasteiger partial charge on any atom is -0.494 e. The van der Waals surface area contributed by atoms with E-state index < -0.39 is 51.3 Å². The second-order valence-electron chi connectivity index (χ2n) is 8.02. The van der Waals surface area contributed by atoms with Crippen LogP contribution in [-0.4, -0.2) is 34.3 Å². The van der Waals surface area contributed by atoms with Crippen LogP contribution in [0.2, 0.25) is 0 Å². The largest absolute Gasteiger partial charge is 0.494 e. The molecule has 0 fully saturated rings. The van der Waals surface area contributed by atoms with E-state index in [1.165, 1.54) is 12.3 Å². The van der Waals surface area contributed by atoms with E-state index in [4.69, 9.17) is 0 Å². The number of hydrogen-bond acceptors (Lipinski definition) is 7. The van der Waals surface area contributed by atoms with Gasteiger partial charge in [-0.1, -0.05) is 42.5 Å². The van der Waals surface area contributed by atoms with Crippen molar-refractivity contribution in [1.29, 1.82) is 0 Å². The number of nitrogens with one attached hydrogen (secondary N) is 2. The first-order valence-electron chi connectivity index (χ1n) is 11.1. The number of H-pyrrole nitrogens is 2. The Kier molecular flexibility index (Phi) is 5.86. The maximum absolute atomic E-state index is 13.2. The highest BCUT2D eigenvalue weighted by Crippen LogP contribution is 2.36. The maximum Gasteiger partial charge on any atom is 0.335 e. The Balaban J connectivity index is 1.89. The van der Waals surface area contributed by atoms with E-state index >= 15 is 0 Å². The topological polar surface area (TPSA) is 163 Å². The number of hydrogen-bond donors (Lipinski definition) is 4. The Labute approximate surface area is 207 Å². The molecule has 0 amide bonds. The molecule has 0 aliphatic carbocycles. The van der Waals surface area contributed by atoms with Crippen molar-refractivity contribution in [1.82, 2.24) is 24.1 Å². The molecule has 0 bridgehead atoms. The third-order valence-electron chi connectivity index (χ3n) is 5.83. The quantitative estimate of drug-likeness (QED) is 0.285. The zero-order valence-corrected chi connectivity index (χ0v) is 19.0. The molecule has 0 aliphatic rings. The summed E-state index contributed by atoms with van der Waals surface area (Å²) in [5.74, 6) is -2.99. The molecule has 5 rings (SSSR count). The van der Waals surface area contributed by atoms with Crippen molar-refractivity contribution in [3.05, 3.63) is 144 Å². The summed E-state index contributed by atoms with van der Waals surface area (Å²) in [6, 6.07) is 20.8. The third-order valence-corrected chi connectivity index (χ3v) is 5.83. The minimum absolute atomic E-state index is 0.0978. The molecule has 37 heavy (non-hydrogen) atoms. The van der Waals surface area contributed by atoms with Crippen LogP contribution in [0.4, 0.5) is 0 Å². The molecule has 11 nitrogen and oxygen atoms in total. The molecule has 0 spiro atoms. The standard InChI is InChI=1S/C26H19N5O6/c32-21-19(23(34)30(25(36)28-21)15-9-3-1-4-10-15)18(17-13-7-8-14-27-17)20-22(33)29-26(37)31(24(20)35)16-11-5-2-6-12-16/h1-14,18,34-35H,(H,28,32,36)(H,29,33,37). The number of para-hydroxylation sites is 2. The summed E-state index contributed by atoms with van der Waals surface area (Å²) in [5, 5.41) is 22.5. The molecule has 0 aliphatic heterocycles. The van der Waals surface area contributed by atoms with E-state index in [0.29, 0.717) is 0 Å². The lowest BCUT2D eigenvalue weighted by molar-refractivity contribution is 0.411. The number of rotatable bonds is 5. The predicted molar refractivity (Wildman–Crippen MR) is 134 cm³/mol. The van der Waals surface area contributed by atoms with Crippen LogP contribution in [0.15, 0.2) is 104 Å². The zero-order valence-electron chi connectivity index (χ0n) is 19.0. The van der Waals surface area contributed by atoms with E-state index in [1.807, 2.05) is 0 Å². The van der Waals surface area contributed by atoms with E-state index in [0.717, 1.165) is 9.13 Å². The van der Waals surface area contributed by atoms with Crippen LogP contribution in [-0.2, 0) is 0 Å². The average molecular weight is 497 g/mol. The number of aromatic nitrogens is 5. The van der Waals surface area contributed by atoms with Gasteiger partial charge in [-0.25, -0.2) is 18.7 Å². The molecule has 11 heteroatoms. The summed E-state index contributed by atoms with van der Waals surface area (Å²) in [5.41, 5.74) is -4.09. The Morgan fingerprint density at radius 2 is 1.05 bits per heavy atom. The molecule has 4 N–H and O–H groups in total. The zero-order chi connectivity index (χ0) is 26.1. The van der Waals surface area contributed by atoms with Crippen molar-refractivity contribution in [2.24, 2.45) is 0 Å². The molecule has 3 aromatic heterocycles. The molecule has 0 saturated carbocycles. The number of nitrogens with zero attached hydrogens (tertiary/aromatic N) is 3. The van der Waals surface area contributed by atoms with Gasteiger partial charge in [-0.05, 0) is 36.4 Å². The highest BCUT2D eigenvalue weighted by molar-refractivity contribution is 5.50. The monoisotopic (exact) mass is 497 g/mol. The normalized spacial score (nSPS) is 11.1. The first kappa shape index (κ1) is 23.3. The SMILES string of the molecule is O=c1[nH]c(=O)n(-c2ccccc2)c(O)c1C(c1ccccn1)c1c(O)n(-c2ccccc2)c(=O)[nH]c1=O. The molecule has 0 atom stereocenters. The van der Waals surface area contributed by atoms with Gasteiger partial charge in [-0.15, -0.1) is 0 Å². The smallest absolute Gasteiger partial charge is 0.335 e. The van der Waals surface area contributed by atoms with E-state index in [9.17, 15) is 29.4 Å². The van der Waals surface area contributed by atoms with Crippen molar-refractivity contribution < 1.29 is 10.2 Å².